The summed E-state index contributed by atoms with van der Waals surface area (Å²) in [5, 5.41) is 0. The maximum absolute atomic E-state index is 6.62. The summed E-state index contributed by atoms with van der Waals surface area (Å²) in [5.41, 5.74) is 0. The molecule has 96 valence electrons. The number of allylic oxidation sites excluding steroid dienone is 1. The number of unbranched alkanes of at least 4 members (excludes halogenated alkanes) is 1. The lowest BCUT2D eigenvalue weighted by atomic mass is 10.3. The molecule has 0 saturated carbocycles. The first-order valence-corrected chi connectivity index (χ1v) is 11.6. The van der Waals surface area contributed by atoms with Crippen molar-refractivity contribution in [1.29, 1.82) is 0 Å². The van der Waals surface area contributed by atoms with Crippen LogP contribution in [0.4, 0.5) is 0 Å². The van der Waals surface area contributed by atoms with Crippen LogP contribution in [0.3, 0.4) is 0 Å². The number of rotatable bonds is 10. The zero-order valence-electron chi connectivity index (χ0n) is 11.7. The fourth-order valence-corrected chi connectivity index (χ4v) is 10.8. The highest BCUT2D eigenvalue weighted by atomic mass is 28.4. The van der Waals surface area contributed by atoms with Crippen LogP contribution >= 0.6 is 0 Å². The zero-order chi connectivity index (χ0) is 12.4. The average Bonchev–Trinajstić information content (AvgIpc) is 2.34. The highest BCUT2D eigenvalue weighted by molar-refractivity contribution is 6.80. The fraction of sp³-hybridized carbons (Fsp3) is 0.846. The van der Waals surface area contributed by atoms with Gasteiger partial charge in [-0.2, -0.15) is 0 Å². The molecule has 16 heavy (non-hydrogen) atoms. The van der Waals surface area contributed by atoms with Crippen LogP contribution < -0.4 is 0 Å². The van der Waals surface area contributed by atoms with Crippen molar-refractivity contribution in [2.24, 2.45) is 0 Å². The second-order valence-electron chi connectivity index (χ2n) is 4.61. The van der Waals surface area contributed by atoms with Crippen molar-refractivity contribution < 1.29 is 4.12 Å². The summed E-state index contributed by atoms with van der Waals surface area (Å²) in [4.78, 5) is 0. The Bertz CT molecular complexity index is 171. The molecule has 0 saturated heterocycles. The van der Waals surface area contributed by atoms with E-state index in [0.29, 0.717) is 0 Å². The van der Waals surface area contributed by atoms with Crippen LogP contribution in [0.1, 0.15) is 40.5 Å². The molecule has 0 bridgehead atoms. The molecule has 0 radical (unpaired) electrons. The van der Waals surface area contributed by atoms with Crippen LogP contribution in [0.15, 0.2) is 12.7 Å². The molecule has 0 N–H and O–H groups in total. The maximum Gasteiger partial charge on any atom is 0.178 e. The fourth-order valence-electron chi connectivity index (χ4n) is 2.19. The Morgan fingerprint density at radius 1 is 1.12 bits per heavy atom. The summed E-state index contributed by atoms with van der Waals surface area (Å²) < 4.78 is 6.62. The van der Waals surface area contributed by atoms with Gasteiger partial charge in [0.15, 0.2) is 17.4 Å². The number of hydrogen-bond acceptors (Lipinski definition) is 1. The van der Waals surface area contributed by atoms with E-state index in [1.165, 1.54) is 36.6 Å². The minimum absolute atomic E-state index is 0.909. The molecule has 0 aliphatic carbocycles. The van der Waals surface area contributed by atoms with Gasteiger partial charge in [-0.1, -0.05) is 40.2 Å². The van der Waals surface area contributed by atoms with Crippen LogP contribution in [-0.2, 0) is 4.12 Å². The van der Waals surface area contributed by atoms with E-state index < -0.39 is 17.4 Å². The molecule has 0 aliphatic rings. The minimum Gasteiger partial charge on any atom is -0.457 e. The normalized spacial score (nSPS) is 13.8. The molecule has 0 rings (SSSR count). The van der Waals surface area contributed by atoms with Crippen molar-refractivity contribution in [3.8, 4) is 0 Å². The number of hydrogen-bond donors (Lipinski definition) is 0. The molecular weight excluding hydrogens is 228 g/mol. The molecule has 1 unspecified atom stereocenters. The van der Waals surface area contributed by atoms with E-state index in [-0.39, 0.29) is 0 Å². The predicted molar refractivity (Wildman–Crippen MR) is 80.2 cm³/mol. The highest BCUT2D eigenvalue weighted by Crippen LogP contribution is 2.25. The van der Waals surface area contributed by atoms with Crippen molar-refractivity contribution in [1.82, 2.24) is 0 Å². The van der Waals surface area contributed by atoms with Gasteiger partial charge in [-0.3, -0.25) is 0 Å². The average molecular weight is 259 g/mol. The van der Waals surface area contributed by atoms with Gasteiger partial charge in [0.25, 0.3) is 0 Å². The Balaban J connectivity index is 4.20. The lowest BCUT2D eigenvalue weighted by Gasteiger charge is -2.33. The van der Waals surface area contributed by atoms with Crippen LogP contribution in [0.5, 0.6) is 0 Å². The summed E-state index contributed by atoms with van der Waals surface area (Å²) in [5.74, 6) is 0. The van der Waals surface area contributed by atoms with Crippen LogP contribution in [-0.4, -0.2) is 17.4 Å². The van der Waals surface area contributed by atoms with E-state index >= 15 is 0 Å². The van der Waals surface area contributed by atoms with Crippen molar-refractivity contribution in [2.45, 2.75) is 70.8 Å². The first kappa shape index (κ1) is 16.1. The van der Waals surface area contributed by atoms with E-state index in [4.69, 9.17) is 4.12 Å². The molecule has 1 atom stereocenters. The van der Waals surface area contributed by atoms with Gasteiger partial charge in [0, 0.05) is 0 Å². The first-order valence-electron chi connectivity index (χ1n) is 6.96. The van der Waals surface area contributed by atoms with E-state index in [2.05, 4.69) is 34.3 Å². The monoisotopic (exact) mass is 258 g/mol. The Hall–Kier alpha value is 0.134. The molecule has 0 heterocycles. The molecule has 0 aromatic carbocycles. The maximum atomic E-state index is 6.62. The van der Waals surface area contributed by atoms with Gasteiger partial charge in [0.1, 0.15) is 0 Å². The quantitative estimate of drug-likeness (QED) is 0.313. The van der Waals surface area contributed by atoms with Gasteiger partial charge >= 0.3 is 0 Å². The van der Waals surface area contributed by atoms with Crippen molar-refractivity contribution in [3.63, 3.8) is 0 Å². The molecule has 0 aliphatic heterocycles. The van der Waals surface area contributed by atoms with Crippen LogP contribution in [0.2, 0.25) is 30.2 Å². The molecule has 0 fully saturated rings. The van der Waals surface area contributed by atoms with E-state index in [9.17, 15) is 0 Å². The van der Waals surface area contributed by atoms with Crippen LogP contribution in [0.25, 0.3) is 0 Å². The second-order valence-corrected chi connectivity index (χ2v) is 12.7. The lowest BCUT2D eigenvalue weighted by molar-refractivity contribution is 0.536. The second kappa shape index (κ2) is 9.19. The molecule has 0 spiro atoms. The smallest absolute Gasteiger partial charge is 0.178 e. The van der Waals surface area contributed by atoms with E-state index in [1.54, 1.807) is 0 Å². The first-order chi connectivity index (χ1) is 7.67. The van der Waals surface area contributed by atoms with Crippen molar-refractivity contribution >= 4 is 17.4 Å². The molecule has 0 aromatic rings. The lowest BCUT2D eigenvalue weighted by Crippen LogP contribution is -2.41. The Kier molecular flexibility index (Phi) is 9.27. The SMILES string of the molecule is C=CCCC[SiH](CC)O[Si](CC)(CC)CC. The third-order valence-corrected chi connectivity index (χ3v) is 12.9. The highest BCUT2D eigenvalue weighted by Gasteiger charge is 2.31. The largest absolute Gasteiger partial charge is 0.457 e. The Labute approximate surface area is 105 Å². The minimum atomic E-state index is -1.33. The zero-order valence-corrected chi connectivity index (χ0v) is 13.9. The Morgan fingerprint density at radius 2 is 1.69 bits per heavy atom. The third-order valence-electron chi connectivity index (χ3n) is 3.74. The molecule has 0 aromatic heterocycles. The Morgan fingerprint density at radius 3 is 2.06 bits per heavy atom. The standard InChI is InChI=1S/C13H30OSi2/c1-6-11-12-13-15(7-2)14-16(8-3,9-4)10-5/h6,15H,1,7-13H2,2-5H3. The van der Waals surface area contributed by atoms with Gasteiger partial charge < -0.3 is 4.12 Å². The van der Waals surface area contributed by atoms with Gasteiger partial charge in [-0.15, -0.1) is 6.58 Å². The molecule has 1 nitrogen and oxygen atoms in total. The van der Waals surface area contributed by atoms with Gasteiger partial charge in [-0.25, -0.2) is 0 Å². The summed E-state index contributed by atoms with van der Waals surface area (Å²) in [6.45, 7) is 13.1. The third kappa shape index (κ3) is 5.46. The van der Waals surface area contributed by atoms with Gasteiger partial charge in [0.2, 0.25) is 0 Å². The summed E-state index contributed by atoms with van der Waals surface area (Å²) >= 11 is 0. The molecular formula is C13H30OSi2. The van der Waals surface area contributed by atoms with E-state index in [0.717, 1.165) is 6.42 Å². The predicted octanol–water partition coefficient (Wildman–Crippen LogP) is 4.72. The van der Waals surface area contributed by atoms with Gasteiger partial charge in [0.05, 0.1) is 0 Å². The van der Waals surface area contributed by atoms with E-state index in [1.807, 2.05) is 6.08 Å². The topological polar surface area (TPSA) is 9.23 Å². The summed E-state index contributed by atoms with van der Waals surface area (Å²) in [6.07, 6.45) is 4.48. The van der Waals surface area contributed by atoms with Crippen molar-refractivity contribution in [2.75, 3.05) is 0 Å². The van der Waals surface area contributed by atoms with Crippen molar-refractivity contribution in [3.05, 3.63) is 12.7 Å². The molecule has 3 heteroatoms. The summed E-state index contributed by atoms with van der Waals surface area (Å²) in [7, 11) is -2.23. The molecule has 0 amide bonds. The van der Waals surface area contributed by atoms with Gasteiger partial charge in [-0.05, 0) is 36.6 Å². The summed E-state index contributed by atoms with van der Waals surface area (Å²) in [6, 6.07) is 6.53. The van der Waals surface area contributed by atoms with Crippen LogP contribution in [0, 0.1) is 0 Å².